The van der Waals surface area contributed by atoms with Crippen molar-refractivity contribution in [3.8, 4) is 32.4 Å². The number of rotatable bonds is 10. The predicted octanol–water partition coefficient (Wildman–Crippen LogP) is 13.2. The molecule has 0 N–H and O–H groups in total. The third-order valence-corrected chi connectivity index (χ3v) is 16.8. The van der Waals surface area contributed by atoms with Gasteiger partial charge < -0.3 is 23.7 Å². The van der Waals surface area contributed by atoms with Crippen LogP contribution >= 0.6 is 65.8 Å². The fraction of sp³-hybridized carbons (Fsp3) is 0.220. The number of allylic oxidation sites excluding steroid dienone is 2. The molecule has 2 aromatic heterocycles. The molecule has 0 bridgehead atoms. The molecule has 0 radical (unpaired) electrons. The van der Waals surface area contributed by atoms with Crippen molar-refractivity contribution in [2.45, 2.75) is 57.3 Å². The van der Waals surface area contributed by atoms with Gasteiger partial charge in [-0.05, 0) is 147 Å². The van der Waals surface area contributed by atoms with Crippen molar-refractivity contribution in [2.75, 3.05) is 0 Å². The third-order valence-electron chi connectivity index (χ3n) is 11.0. The number of carbonyl (C=O) groups excluding carboxylic acids is 5. The largest absolute Gasteiger partial charge is 0.460 e. The lowest BCUT2D eigenvalue weighted by Gasteiger charge is -2.25. The first-order valence-corrected chi connectivity index (χ1v) is 26.1. The first-order valence-electron chi connectivity index (χ1n) is 21.0. The maximum Gasteiger partial charge on any atom is 0.344 e. The normalized spacial score (nSPS) is 20.5. The van der Waals surface area contributed by atoms with Gasteiger partial charge in [-0.2, -0.15) is 0 Å². The summed E-state index contributed by atoms with van der Waals surface area (Å²) in [6.45, 7) is 1.82. The molecule has 2 aliphatic rings. The summed E-state index contributed by atoms with van der Waals surface area (Å²) >= 11 is 10.5. The molecule has 6 aromatic rings. The van der Waals surface area contributed by atoms with Crippen LogP contribution < -0.4 is 9.47 Å². The van der Waals surface area contributed by atoms with E-state index in [-0.39, 0.29) is 46.4 Å². The zero-order valence-electron chi connectivity index (χ0n) is 35.2. The molecular weight excluding hydrogens is 953 g/mol. The fourth-order valence-electron chi connectivity index (χ4n) is 7.81. The zero-order chi connectivity index (χ0) is 46.2. The van der Waals surface area contributed by atoms with Crippen LogP contribution in [0.3, 0.4) is 0 Å². The molecule has 10 nitrogen and oxygen atoms in total. The Morgan fingerprint density at radius 3 is 1.62 bits per heavy atom. The van der Waals surface area contributed by atoms with Crippen molar-refractivity contribution in [3.63, 3.8) is 0 Å². The van der Waals surface area contributed by atoms with Crippen molar-refractivity contribution >= 4 is 95.6 Å². The van der Waals surface area contributed by atoms with Crippen LogP contribution in [0, 0.1) is 19.5 Å². The molecule has 5 atom stereocenters. The van der Waals surface area contributed by atoms with Crippen molar-refractivity contribution in [2.24, 2.45) is 11.8 Å². The minimum Gasteiger partial charge on any atom is -0.460 e. The van der Waals surface area contributed by atoms with E-state index in [9.17, 15) is 24.0 Å². The van der Waals surface area contributed by atoms with Crippen LogP contribution in [0.2, 0.25) is 0 Å². The minimum atomic E-state index is -1.02. The molecule has 0 amide bonds. The molecule has 1 saturated carbocycles. The number of esters is 5. The van der Waals surface area contributed by atoms with Crippen LogP contribution in [-0.4, -0.2) is 48.2 Å². The number of hydrogen-bond acceptors (Lipinski definition) is 16. The molecule has 336 valence electrons. The second-order valence-corrected chi connectivity index (χ2v) is 21.4. The second-order valence-electron chi connectivity index (χ2n) is 15.6. The molecule has 8 rings (SSSR count). The molecule has 1 aliphatic heterocycles. The van der Waals surface area contributed by atoms with E-state index < -0.39 is 48.0 Å². The Hall–Kier alpha value is -5.75. The van der Waals surface area contributed by atoms with Crippen LogP contribution in [0.4, 0.5) is 0 Å². The lowest BCUT2D eigenvalue weighted by Crippen LogP contribution is -2.29. The summed E-state index contributed by atoms with van der Waals surface area (Å²) in [5.74, 6) is -3.77. The summed E-state index contributed by atoms with van der Waals surface area (Å²) in [6, 6.07) is 30.4. The maximum atomic E-state index is 14.2. The first kappa shape index (κ1) is 46.8. The number of cyclic esters (lactones) is 1. The van der Waals surface area contributed by atoms with Gasteiger partial charge in [0.1, 0.15) is 31.4 Å². The van der Waals surface area contributed by atoms with E-state index in [1.165, 1.54) is 57.1 Å². The number of hydrogen-bond donors (Lipinski definition) is 0. The SMILES string of the molecule is C[C@H]1CCC/C=C/[C@@H]2C[C@H](OC(=O)c3ccccc3C(=O)Oc3ccc(-c4cc(=S)ss4)cc3)C[C@H]2[C@H](OC(=O)c2ccccc2C(=O)Oc2ccc(-c3cc(=S)ss3)cc2)/C=C/C(=O)O1. The summed E-state index contributed by atoms with van der Waals surface area (Å²) in [6.07, 6.45) is 7.55. The summed E-state index contributed by atoms with van der Waals surface area (Å²) < 4.78 is 30.9. The van der Waals surface area contributed by atoms with Gasteiger partial charge >= 0.3 is 29.8 Å². The van der Waals surface area contributed by atoms with Gasteiger partial charge in [-0.15, -0.1) is 0 Å². The maximum absolute atomic E-state index is 14.2. The van der Waals surface area contributed by atoms with E-state index >= 15 is 0 Å². The van der Waals surface area contributed by atoms with Crippen LogP contribution in [0.15, 0.2) is 133 Å². The summed E-state index contributed by atoms with van der Waals surface area (Å²) in [5, 5.41) is 0. The standard InChI is InChI=1S/C50H40O10S6/c1-29-9-3-2-4-10-32-25-35(59-49(54)37-12-6-5-11-36(37)47(52)57-33-19-15-30(16-20-33)42-27-45(61)65-63-42)26-40(32)41(23-24-44(51)56-29)60-50(55)39-14-8-7-13-38(39)48(53)58-34-21-17-31(18-22-34)43-28-46(62)66-64-43/h4-8,10-24,27-29,32,35,40-41H,2-3,9,25-26H2,1H3/b10-4+,24-23+/t29-,32+,35-,40+,41+/m0/s1. The monoisotopic (exact) mass is 992 g/mol. The highest BCUT2D eigenvalue weighted by atomic mass is 32.9. The topological polar surface area (TPSA) is 132 Å². The fourth-order valence-corrected chi connectivity index (χ4v) is 12.6. The molecular formula is C50H40O10S6. The van der Waals surface area contributed by atoms with Gasteiger partial charge in [-0.1, -0.05) is 102 Å². The van der Waals surface area contributed by atoms with Gasteiger partial charge in [0.2, 0.25) is 0 Å². The lowest BCUT2D eigenvalue weighted by molar-refractivity contribution is -0.142. The number of benzene rings is 4. The van der Waals surface area contributed by atoms with E-state index in [1.807, 2.05) is 55.5 Å². The lowest BCUT2D eigenvalue weighted by atomic mass is 9.89. The van der Waals surface area contributed by atoms with E-state index in [0.717, 1.165) is 34.9 Å². The molecule has 1 fully saturated rings. The van der Waals surface area contributed by atoms with Gasteiger partial charge in [0, 0.05) is 21.7 Å². The zero-order valence-corrected chi connectivity index (χ0v) is 40.1. The number of ether oxygens (including phenoxy) is 5. The van der Waals surface area contributed by atoms with Gasteiger partial charge in [0.05, 0.1) is 28.4 Å². The van der Waals surface area contributed by atoms with E-state index in [4.69, 9.17) is 48.1 Å². The highest BCUT2D eigenvalue weighted by Crippen LogP contribution is 2.40. The van der Waals surface area contributed by atoms with Gasteiger partial charge in [0.15, 0.2) is 0 Å². The Morgan fingerprint density at radius 2 is 1.12 bits per heavy atom. The Balaban J connectivity index is 0.992. The third kappa shape index (κ3) is 11.8. The molecule has 0 spiro atoms. The Kier molecular flexibility index (Phi) is 15.4. The average Bonchev–Trinajstić information content (AvgIpc) is 4.07. The predicted molar refractivity (Wildman–Crippen MR) is 262 cm³/mol. The molecule has 0 unspecified atom stereocenters. The molecule has 1 aliphatic carbocycles. The van der Waals surface area contributed by atoms with Crippen molar-refractivity contribution < 1.29 is 47.7 Å². The average molecular weight is 993 g/mol. The van der Waals surface area contributed by atoms with Crippen molar-refractivity contribution in [1.29, 1.82) is 0 Å². The molecule has 3 heterocycles. The van der Waals surface area contributed by atoms with E-state index in [2.05, 4.69) is 0 Å². The van der Waals surface area contributed by atoms with E-state index in [0.29, 0.717) is 25.0 Å². The van der Waals surface area contributed by atoms with Crippen LogP contribution in [0.5, 0.6) is 11.5 Å². The van der Waals surface area contributed by atoms with Crippen LogP contribution in [0.25, 0.3) is 20.9 Å². The Labute approximate surface area is 405 Å². The first-order chi connectivity index (χ1) is 32.0. The Morgan fingerprint density at radius 1 is 0.621 bits per heavy atom. The van der Waals surface area contributed by atoms with E-state index in [1.54, 1.807) is 69.2 Å². The van der Waals surface area contributed by atoms with Crippen LogP contribution in [-0.2, 0) is 19.0 Å². The number of fused-ring (bicyclic) bond motifs is 1. The quantitative estimate of drug-likeness (QED) is 0.0323. The van der Waals surface area contributed by atoms with Crippen molar-refractivity contribution in [3.05, 3.63) is 163 Å². The number of carbonyl (C=O) groups is 5. The van der Waals surface area contributed by atoms with Gasteiger partial charge in [-0.3, -0.25) is 0 Å². The van der Waals surface area contributed by atoms with Crippen LogP contribution in [0.1, 0.15) is 80.5 Å². The summed E-state index contributed by atoms with van der Waals surface area (Å²) in [7, 11) is 6.14. The molecule has 4 aromatic carbocycles. The smallest absolute Gasteiger partial charge is 0.344 e. The van der Waals surface area contributed by atoms with Gasteiger partial charge in [-0.25, -0.2) is 24.0 Å². The second kappa shape index (κ2) is 21.7. The minimum absolute atomic E-state index is 0.0155. The molecule has 16 heteroatoms. The Bertz CT molecular complexity index is 2920. The highest BCUT2D eigenvalue weighted by molar-refractivity contribution is 7.80. The molecule has 66 heavy (non-hydrogen) atoms. The van der Waals surface area contributed by atoms with Crippen molar-refractivity contribution in [1.82, 2.24) is 0 Å². The summed E-state index contributed by atoms with van der Waals surface area (Å²) in [4.78, 5) is 70.3. The summed E-state index contributed by atoms with van der Waals surface area (Å²) in [5.41, 5.74) is 1.88. The highest BCUT2D eigenvalue weighted by Gasteiger charge is 2.41. The van der Waals surface area contributed by atoms with Gasteiger partial charge in [0.25, 0.3) is 0 Å². The molecule has 0 saturated heterocycles.